The third-order valence-electron chi connectivity index (χ3n) is 3.57. The van der Waals surface area contributed by atoms with Crippen LogP contribution >= 0.6 is 0 Å². The largest absolute Gasteiger partial charge is 0.326 e. The molecule has 1 rings (SSSR count). The SMILES string of the molecule is Cc1cc(CN)ccc1S(=O)(=O)N(C)C(C)CC(C)C. The highest BCUT2D eigenvalue weighted by atomic mass is 32.2. The second-order valence-corrected chi connectivity index (χ2v) is 7.77. The topological polar surface area (TPSA) is 63.4 Å². The summed E-state index contributed by atoms with van der Waals surface area (Å²) in [6.07, 6.45) is 0.843. The number of sulfonamides is 1. The maximum absolute atomic E-state index is 12.7. The Morgan fingerprint density at radius 2 is 1.85 bits per heavy atom. The molecule has 0 fully saturated rings. The Labute approximate surface area is 123 Å². The van der Waals surface area contributed by atoms with Crippen molar-refractivity contribution in [2.45, 2.75) is 51.6 Å². The van der Waals surface area contributed by atoms with Gasteiger partial charge in [0.2, 0.25) is 10.0 Å². The molecule has 2 N–H and O–H groups in total. The van der Waals surface area contributed by atoms with Gasteiger partial charge in [-0.3, -0.25) is 0 Å². The van der Waals surface area contributed by atoms with Crippen LogP contribution in [0.3, 0.4) is 0 Å². The minimum atomic E-state index is -3.45. The average molecular weight is 298 g/mol. The highest BCUT2D eigenvalue weighted by molar-refractivity contribution is 7.89. The predicted molar refractivity (Wildman–Crippen MR) is 82.9 cm³/mol. The molecule has 0 aromatic heterocycles. The van der Waals surface area contributed by atoms with Gasteiger partial charge >= 0.3 is 0 Å². The fourth-order valence-electron chi connectivity index (χ4n) is 2.35. The molecular weight excluding hydrogens is 272 g/mol. The van der Waals surface area contributed by atoms with E-state index in [4.69, 9.17) is 5.73 Å². The average Bonchev–Trinajstić information content (AvgIpc) is 2.36. The Kier molecular flexibility index (Phi) is 5.74. The second kappa shape index (κ2) is 6.70. The molecule has 114 valence electrons. The summed E-state index contributed by atoms with van der Waals surface area (Å²) >= 11 is 0. The van der Waals surface area contributed by atoms with Crippen LogP contribution in [-0.4, -0.2) is 25.8 Å². The molecule has 5 heteroatoms. The summed E-state index contributed by atoms with van der Waals surface area (Å²) in [5, 5.41) is 0. The minimum Gasteiger partial charge on any atom is -0.326 e. The van der Waals surface area contributed by atoms with Crippen molar-refractivity contribution in [3.63, 3.8) is 0 Å². The molecule has 0 spiro atoms. The van der Waals surface area contributed by atoms with Gasteiger partial charge in [0.15, 0.2) is 0 Å². The fraction of sp³-hybridized carbons (Fsp3) is 0.600. The third-order valence-corrected chi connectivity index (χ3v) is 5.70. The molecule has 0 saturated heterocycles. The zero-order valence-corrected chi connectivity index (χ0v) is 13.9. The van der Waals surface area contributed by atoms with Crippen molar-refractivity contribution in [3.05, 3.63) is 29.3 Å². The van der Waals surface area contributed by atoms with Crippen molar-refractivity contribution in [1.29, 1.82) is 0 Å². The van der Waals surface area contributed by atoms with Crippen molar-refractivity contribution >= 4 is 10.0 Å². The van der Waals surface area contributed by atoms with Gasteiger partial charge in [-0.25, -0.2) is 8.42 Å². The molecule has 0 amide bonds. The van der Waals surface area contributed by atoms with Crippen LogP contribution in [0.15, 0.2) is 23.1 Å². The molecule has 1 aromatic carbocycles. The van der Waals surface area contributed by atoms with Crippen molar-refractivity contribution in [2.75, 3.05) is 7.05 Å². The standard InChI is InChI=1S/C15H26N2O2S/c1-11(2)8-13(4)17(5)20(18,19)15-7-6-14(10-16)9-12(15)3/h6-7,9,11,13H,8,10,16H2,1-5H3. The molecule has 0 aliphatic heterocycles. The van der Waals surface area contributed by atoms with Crippen LogP contribution in [0, 0.1) is 12.8 Å². The van der Waals surface area contributed by atoms with E-state index in [1.54, 1.807) is 19.2 Å². The van der Waals surface area contributed by atoms with Crippen LogP contribution in [-0.2, 0) is 16.6 Å². The first-order valence-corrected chi connectivity index (χ1v) is 8.41. The van der Waals surface area contributed by atoms with Gasteiger partial charge < -0.3 is 5.73 Å². The van der Waals surface area contributed by atoms with Crippen LogP contribution < -0.4 is 5.73 Å². The lowest BCUT2D eigenvalue weighted by Gasteiger charge is -2.26. The zero-order valence-electron chi connectivity index (χ0n) is 13.1. The van der Waals surface area contributed by atoms with E-state index in [0.29, 0.717) is 17.4 Å². The number of nitrogens with two attached hydrogens (primary N) is 1. The number of hydrogen-bond acceptors (Lipinski definition) is 3. The van der Waals surface area contributed by atoms with Crippen LogP contribution in [0.5, 0.6) is 0 Å². The van der Waals surface area contributed by atoms with Crippen LogP contribution in [0.4, 0.5) is 0 Å². The normalized spacial score (nSPS) is 14.0. The van der Waals surface area contributed by atoms with Crippen LogP contribution in [0.2, 0.25) is 0 Å². The highest BCUT2D eigenvalue weighted by Gasteiger charge is 2.27. The number of aryl methyl sites for hydroxylation is 1. The van der Waals surface area contributed by atoms with E-state index in [2.05, 4.69) is 13.8 Å². The molecule has 0 radical (unpaired) electrons. The van der Waals surface area contributed by atoms with E-state index in [-0.39, 0.29) is 6.04 Å². The summed E-state index contributed by atoms with van der Waals surface area (Å²) in [7, 11) is -1.80. The van der Waals surface area contributed by atoms with Crippen molar-refractivity contribution in [3.8, 4) is 0 Å². The molecular formula is C15H26N2O2S. The molecule has 0 saturated carbocycles. The van der Waals surface area contributed by atoms with Gasteiger partial charge in [-0.2, -0.15) is 4.31 Å². The summed E-state index contributed by atoms with van der Waals surface area (Å²) in [6, 6.07) is 5.26. The Balaban J connectivity index is 3.10. The summed E-state index contributed by atoms with van der Waals surface area (Å²) in [6.45, 7) is 8.37. The van der Waals surface area contributed by atoms with E-state index in [0.717, 1.165) is 17.5 Å². The van der Waals surface area contributed by atoms with Gasteiger partial charge in [-0.15, -0.1) is 0 Å². The van der Waals surface area contributed by atoms with Gasteiger partial charge in [0.25, 0.3) is 0 Å². The molecule has 0 aliphatic rings. The third kappa shape index (κ3) is 3.81. The monoisotopic (exact) mass is 298 g/mol. The minimum absolute atomic E-state index is 0.0198. The maximum Gasteiger partial charge on any atom is 0.243 e. The molecule has 0 bridgehead atoms. The Morgan fingerprint density at radius 3 is 2.30 bits per heavy atom. The highest BCUT2D eigenvalue weighted by Crippen LogP contribution is 2.23. The first kappa shape index (κ1) is 17.1. The molecule has 0 heterocycles. The summed E-state index contributed by atoms with van der Waals surface area (Å²) < 4.78 is 26.8. The Morgan fingerprint density at radius 1 is 1.25 bits per heavy atom. The zero-order chi connectivity index (χ0) is 15.5. The van der Waals surface area contributed by atoms with Gasteiger partial charge in [-0.05, 0) is 43.4 Å². The van der Waals surface area contributed by atoms with Gasteiger partial charge in [0, 0.05) is 19.6 Å². The van der Waals surface area contributed by atoms with Gasteiger partial charge in [0.1, 0.15) is 0 Å². The number of nitrogens with zero attached hydrogens (tertiary/aromatic N) is 1. The predicted octanol–water partition coefficient (Wildman–Crippen LogP) is 2.51. The van der Waals surface area contributed by atoms with Crippen LogP contribution in [0.25, 0.3) is 0 Å². The van der Waals surface area contributed by atoms with Crippen molar-refractivity contribution in [1.82, 2.24) is 4.31 Å². The number of hydrogen-bond donors (Lipinski definition) is 1. The Bertz CT molecular complexity index is 553. The van der Waals surface area contributed by atoms with E-state index in [9.17, 15) is 8.42 Å². The summed E-state index contributed by atoms with van der Waals surface area (Å²) in [5.41, 5.74) is 7.27. The quantitative estimate of drug-likeness (QED) is 0.877. The van der Waals surface area contributed by atoms with Gasteiger partial charge in [-0.1, -0.05) is 26.0 Å². The molecule has 20 heavy (non-hydrogen) atoms. The first-order chi connectivity index (χ1) is 9.20. The first-order valence-electron chi connectivity index (χ1n) is 6.97. The van der Waals surface area contributed by atoms with Crippen molar-refractivity contribution < 1.29 is 8.42 Å². The smallest absolute Gasteiger partial charge is 0.243 e. The fourth-order valence-corrected chi connectivity index (χ4v) is 3.93. The number of benzene rings is 1. The van der Waals surface area contributed by atoms with Crippen LogP contribution in [0.1, 0.15) is 38.3 Å². The molecule has 0 aliphatic carbocycles. The molecule has 1 aromatic rings. The molecule has 4 nitrogen and oxygen atoms in total. The van der Waals surface area contributed by atoms with Gasteiger partial charge in [0.05, 0.1) is 4.90 Å². The Hall–Kier alpha value is -0.910. The van der Waals surface area contributed by atoms with E-state index < -0.39 is 10.0 Å². The summed E-state index contributed by atoms with van der Waals surface area (Å²) in [5.74, 6) is 0.461. The van der Waals surface area contributed by atoms with E-state index in [1.165, 1.54) is 4.31 Å². The molecule has 1 unspecified atom stereocenters. The lowest BCUT2D eigenvalue weighted by atomic mass is 10.1. The lowest BCUT2D eigenvalue weighted by Crippen LogP contribution is -2.36. The maximum atomic E-state index is 12.7. The lowest BCUT2D eigenvalue weighted by molar-refractivity contribution is 0.337. The molecule has 1 atom stereocenters. The second-order valence-electron chi connectivity index (χ2n) is 5.80. The van der Waals surface area contributed by atoms with E-state index >= 15 is 0 Å². The number of rotatable bonds is 6. The van der Waals surface area contributed by atoms with E-state index in [1.807, 2.05) is 19.9 Å². The summed E-state index contributed by atoms with van der Waals surface area (Å²) in [4.78, 5) is 0.368. The van der Waals surface area contributed by atoms with Crippen molar-refractivity contribution in [2.24, 2.45) is 11.7 Å².